The van der Waals surface area contributed by atoms with E-state index in [0.717, 1.165) is 5.56 Å². The fraction of sp³-hybridized carbons (Fsp3) is 0.211. The summed E-state index contributed by atoms with van der Waals surface area (Å²) >= 11 is 0. The lowest BCUT2D eigenvalue weighted by molar-refractivity contribution is 0.0599. The van der Waals surface area contributed by atoms with Gasteiger partial charge in [-0.1, -0.05) is 17.7 Å². The molecule has 0 amide bonds. The van der Waals surface area contributed by atoms with Gasteiger partial charge in [0, 0.05) is 16.8 Å². The lowest BCUT2D eigenvalue weighted by Crippen LogP contribution is -2.22. The molecule has 0 saturated heterocycles. The Bertz CT molecular complexity index is 962. The quantitative estimate of drug-likeness (QED) is 0.850. The number of allylic oxidation sites excluding steroid dienone is 2. The number of ketones is 2. The molecule has 6 nitrogen and oxygen atoms in total. The number of ether oxygens (including phenoxy) is 1. The number of carbonyl (C=O) groups is 3. The van der Waals surface area contributed by atoms with Crippen molar-refractivity contribution in [3.8, 4) is 5.69 Å². The SMILES string of the molecule is COC(=O)c1c2c(n(-c3ccc(C)cc3)c1N)C(=O)C(C)=C(C)C2=O. The Labute approximate surface area is 144 Å². The Balaban J connectivity index is 2.42. The molecule has 0 atom stereocenters. The van der Waals surface area contributed by atoms with E-state index < -0.39 is 5.97 Å². The van der Waals surface area contributed by atoms with Crippen LogP contribution in [-0.4, -0.2) is 29.2 Å². The third-order valence-electron chi connectivity index (χ3n) is 4.57. The van der Waals surface area contributed by atoms with E-state index in [1.807, 2.05) is 19.1 Å². The van der Waals surface area contributed by atoms with Crippen LogP contribution in [0.4, 0.5) is 5.82 Å². The van der Waals surface area contributed by atoms with Crippen molar-refractivity contribution in [2.75, 3.05) is 12.8 Å². The van der Waals surface area contributed by atoms with Gasteiger partial charge >= 0.3 is 5.97 Å². The zero-order valence-electron chi connectivity index (χ0n) is 14.5. The number of esters is 1. The van der Waals surface area contributed by atoms with Gasteiger partial charge in [-0.25, -0.2) is 4.79 Å². The maximum absolute atomic E-state index is 12.9. The van der Waals surface area contributed by atoms with E-state index in [2.05, 4.69) is 0 Å². The van der Waals surface area contributed by atoms with Gasteiger partial charge in [-0.05, 0) is 32.9 Å². The highest BCUT2D eigenvalue weighted by atomic mass is 16.5. The molecule has 0 aliphatic heterocycles. The standard InChI is InChI=1S/C19H18N2O4/c1-9-5-7-12(8-6-9)21-15-13(14(18(21)20)19(24)25-4)16(22)10(2)11(3)17(15)23/h5-8H,20H2,1-4H3. The highest BCUT2D eigenvalue weighted by molar-refractivity contribution is 6.30. The maximum atomic E-state index is 12.9. The van der Waals surface area contributed by atoms with Crippen molar-refractivity contribution < 1.29 is 19.1 Å². The zero-order valence-corrected chi connectivity index (χ0v) is 14.5. The van der Waals surface area contributed by atoms with E-state index >= 15 is 0 Å². The first-order chi connectivity index (χ1) is 11.8. The minimum absolute atomic E-state index is 0.0121. The number of Topliss-reactive ketones (excluding diaryl/α,β-unsaturated/α-hetero) is 2. The number of carbonyl (C=O) groups excluding carboxylic acids is 3. The molecule has 1 aliphatic carbocycles. The lowest BCUT2D eigenvalue weighted by Gasteiger charge is -2.17. The van der Waals surface area contributed by atoms with Crippen molar-refractivity contribution in [3.63, 3.8) is 0 Å². The van der Waals surface area contributed by atoms with Crippen LogP contribution in [-0.2, 0) is 4.74 Å². The number of rotatable bonds is 2. The molecule has 128 valence electrons. The van der Waals surface area contributed by atoms with Gasteiger partial charge in [0.1, 0.15) is 17.1 Å². The van der Waals surface area contributed by atoms with Gasteiger partial charge in [-0.15, -0.1) is 0 Å². The molecule has 1 aliphatic rings. The van der Waals surface area contributed by atoms with Crippen molar-refractivity contribution in [2.45, 2.75) is 20.8 Å². The Morgan fingerprint density at radius 3 is 2.12 bits per heavy atom. The third-order valence-corrected chi connectivity index (χ3v) is 4.57. The number of aryl methyl sites for hydroxylation is 1. The number of hydrogen-bond donors (Lipinski definition) is 1. The Morgan fingerprint density at radius 2 is 1.56 bits per heavy atom. The molecule has 0 bridgehead atoms. The van der Waals surface area contributed by atoms with E-state index in [1.165, 1.54) is 11.7 Å². The van der Waals surface area contributed by atoms with E-state index in [1.54, 1.807) is 26.0 Å². The minimum Gasteiger partial charge on any atom is -0.465 e. The summed E-state index contributed by atoms with van der Waals surface area (Å²) in [5.74, 6) is -1.43. The summed E-state index contributed by atoms with van der Waals surface area (Å²) < 4.78 is 6.24. The number of fused-ring (bicyclic) bond motifs is 1. The molecular weight excluding hydrogens is 320 g/mol. The molecule has 1 aromatic heterocycles. The van der Waals surface area contributed by atoms with E-state index in [9.17, 15) is 14.4 Å². The van der Waals surface area contributed by atoms with Gasteiger partial charge < -0.3 is 10.5 Å². The normalized spacial score (nSPS) is 13.9. The van der Waals surface area contributed by atoms with Crippen LogP contribution in [0.2, 0.25) is 0 Å². The summed E-state index contributed by atoms with van der Waals surface area (Å²) in [5.41, 5.74) is 8.53. The highest BCUT2D eigenvalue weighted by Gasteiger charge is 2.39. The summed E-state index contributed by atoms with van der Waals surface area (Å²) in [6, 6.07) is 7.29. The zero-order chi connectivity index (χ0) is 18.5. The number of nitrogen functional groups attached to an aromatic ring is 1. The summed E-state index contributed by atoms with van der Waals surface area (Å²) in [6.07, 6.45) is 0. The van der Waals surface area contributed by atoms with Crippen molar-refractivity contribution in [3.05, 3.63) is 57.8 Å². The smallest absolute Gasteiger partial charge is 0.342 e. The molecule has 25 heavy (non-hydrogen) atoms. The van der Waals surface area contributed by atoms with Crippen molar-refractivity contribution in [1.29, 1.82) is 0 Å². The molecule has 0 fully saturated rings. The van der Waals surface area contributed by atoms with Crippen LogP contribution >= 0.6 is 0 Å². The van der Waals surface area contributed by atoms with Crippen molar-refractivity contribution in [1.82, 2.24) is 4.57 Å². The Hall–Kier alpha value is -3.15. The number of aromatic nitrogens is 1. The van der Waals surface area contributed by atoms with Crippen LogP contribution in [0.1, 0.15) is 50.6 Å². The molecule has 2 N–H and O–H groups in total. The minimum atomic E-state index is -0.742. The second-order valence-electron chi connectivity index (χ2n) is 6.05. The fourth-order valence-electron chi connectivity index (χ4n) is 3.00. The molecule has 6 heteroatoms. The Morgan fingerprint density at radius 1 is 1.00 bits per heavy atom. The second kappa shape index (κ2) is 5.73. The number of nitrogens with two attached hydrogens (primary N) is 1. The van der Waals surface area contributed by atoms with Crippen LogP contribution in [0.15, 0.2) is 35.4 Å². The van der Waals surface area contributed by atoms with Gasteiger partial charge in [0.05, 0.1) is 12.7 Å². The average molecular weight is 338 g/mol. The van der Waals surface area contributed by atoms with Crippen molar-refractivity contribution >= 4 is 23.4 Å². The molecule has 0 spiro atoms. The van der Waals surface area contributed by atoms with Crippen LogP contribution in [0.3, 0.4) is 0 Å². The number of hydrogen-bond acceptors (Lipinski definition) is 5. The third kappa shape index (κ3) is 2.29. The van der Waals surface area contributed by atoms with Crippen molar-refractivity contribution in [2.24, 2.45) is 0 Å². The molecule has 0 unspecified atom stereocenters. The molecule has 3 rings (SSSR count). The average Bonchev–Trinajstić information content (AvgIpc) is 2.91. The van der Waals surface area contributed by atoms with E-state index in [-0.39, 0.29) is 34.2 Å². The number of benzene rings is 1. The number of methoxy groups -OCH3 is 1. The van der Waals surface area contributed by atoms with Gasteiger partial charge in [0.25, 0.3) is 0 Å². The van der Waals surface area contributed by atoms with Crippen LogP contribution < -0.4 is 5.73 Å². The van der Waals surface area contributed by atoms with Gasteiger partial charge in [0.2, 0.25) is 5.78 Å². The first-order valence-electron chi connectivity index (χ1n) is 7.76. The first kappa shape index (κ1) is 16.7. The number of anilines is 1. The summed E-state index contributed by atoms with van der Waals surface area (Å²) in [5, 5.41) is 0. The van der Waals surface area contributed by atoms with Gasteiger partial charge in [0.15, 0.2) is 5.78 Å². The maximum Gasteiger partial charge on any atom is 0.342 e. The van der Waals surface area contributed by atoms with Gasteiger partial charge in [-0.2, -0.15) is 0 Å². The van der Waals surface area contributed by atoms with E-state index in [0.29, 0.717) is 16.8 Å². The molecule has 1 aromatic carbocycles. The first-order valence-corrected chi connectivity index (χ1v) is 7.76. The summed E-state index contributed by atoms with van der Waals surface area (Å²) in [6.45, 7) is 5.10. The van der Waals surface area contributed by atoms with Crippen LogP contribution in [0.25, 0.3) is 5.69 Å². The largest absolute Gasteiger partial charge is 0.465 e. The predicted octanol–water partition coefficient (Wildman–Crippen LogP) is 2.87. The molecule has 0 saturated carbocycles. The fourth-order valence-corrected chi connectivity index (χ4v) is 3.00. The molecular formula is C19H18N2O4. The second-order valence-corrected chi connectivity index (χ2v) is 6.05. The molecule has 2 aromatic rings. The van der Waals surface area contributed by atoms with Crippen LogP contribution in [0.5, 0.6) is 0 Å². The monoisotopic (exact) mass is 338 g/mol. The topological polar surface area (TPSA) is 91.4 Å². The summed E-state index contributed by atoms with van der Waals surface area (Å²) in [7, 11) is 1.21. The van der Waals surface area contributed by atoms with Gasteiger partial charge in [-0.3, -0.25) is 14.2 Å². The summed E-state index contributed by atoms with van der Waals surface area (Å²) in [4.78, 5) is 37.9. The van der Waals surface area contributed by atoms with E-state index in [4.69, 9.17) is 10.5 Å². The number of nitrogens with zero attached hydrogens (tertiary/aromatic N) is 1. The van der Waals surface area contributed by atoms with Crippen LogP contribution in [0, 0.1) is 6.92 Å². The molecule has 1 heterocycles. The Kier molecular flexibility index (Phi) is 3.83. The molecule has 0 radical (unpaired) electrons. The highest BCUT2D eigenvalue weighted by Crippen LogP contribution is 2.36. The predicted molar refractivity (Wildman–Crippen MR) is 93.3 cm³/mol. The lowest BCUT2D eigenvalue weighted by atomic mass is 9.87.